The van der Waals surface area contributed by atoms with Gasteiger partial charge in [-0.25, -0.2) is 9.18 Å². The molecule has 0 saturated heterocycles. The average Bonchev–Trinajstić information content (AvgIpc) is 1.85. The molecule has 10 heavy (non-hydrogen) atoms. The van der Waals surface area contributed by atoms with Crippen molar-refractivity contribution in [2.24, 2.45) is 4.99 Å². The van der Waals surface area contributed by atoms with Crippen molar-refractivity contribution in [3.63, 3.8) is 0 Å². The molecule has 0 aliphatic carbocycles. The monoisotopic (exact) mass is 139 g/mol. The number of hydrogen-bond acceptors (Lipinski definition) is 2. The van der Waals surface area contributed by atoms with E-state index in [9.17, 15) is 9.18 Å². The Balaban J connectivity index is 4.02. The minimum Gasteiger partial charge on any atom is -0.211 e. The topological polar surface area (TPSA) is 29.4 Å². The lowest BCUT2D eigenvalue weighted by Gasteiger charge is -1.81. The van der Waals surface area contributed by atoms with Gasteiger partial charge in [0.2, 0.25) is 6.08 Å². The van der Waals surface area contributed by atoms with Gasteiger partial charge < -0.3 is 0 Å². The van der Waals surface area contributed by atoms with E-state index in [2.05, 4.69) is 18.2 Å². The molecule has 0 atom stereocenters. The summed E-state index contributed by atoms with van der Waals surface area (Å²) in [5.41, 5.74) is 0.147. The van der Waals surface area contributed by atoms with Gasteiger partial charge in [0.25, 0.3) is 0 Å². The summed E-state index contributed by atoms with van der Waals surface area (Å²) in [6, 6.07) is 0. The van der Waals surface area contributed by atoms with Gasteiger partial charge in [-0.15, -0.1) is 0 Å². The van der Waals surface area contributed by atoms with Crippen molar-refractivity contribution in [3.8, 4) is 0 Å². The molecule has 0 rings (SSSR count). The third kappa shape index (κ3) is 4.68. The third-order valence-corrected chi connectivity index (χ3v) is 0.646. The van der Waals surface area contributed by atoms with E-state index in [-0.39, 0.29) is 5.70 Å². The molecule has 0 amide bonds. The number of halogens is 1. The molecule has 3 heteroatoms. The molecule has 0 aromatic heterocycles. The van der Waals surface area contributed by atoms with Crippen LogP contribution in [0.3, 0.4) is 0 Å². The highest BCUT2D eigenvalue weighted by molar-refractivity contribution is 5.39. The Labute approximate surface area is 58.1 Å². The molecule has 0 bridgehead atoms. The van der Waals surface area contributed by atoms with Crippen LogP contribution in [0.1, 0.15) is 0 Å². The molecule has 0 aromatic rings. The molecule has 0 unspecified atom stereocenters. The van der Waals surface area contributed by atoms with E-state index in [0.717, 1.165) is 6.08 Å². The highest BCUT2D eigenvalue weighted by Crippen LogP contribution is 1.98. The van der Waals surface area contributed by atoms with Crippen molar-refractivity contribution in [2.45, 2.75) is 0 Å². The Morgan fingerprint density at radius 1 is 1.50 bits per heavy atom. The van der Waals surface area contributed by atoms with Crippen molar-refractivity contribution in [2.75, 3.05) is 0 Å². The maximum atomic E-state index is 11.8. The zero-order chi connectivity index (χ0) is 7.98. The van der Waals surface area contributed by atoms with Crippen LogP contribution in [-0.4, -0.2) is 6.08 Å². The fourth-order valence-electron chi connectivity index (χ4n) is 0.283. The van der Waals surface area contributed by atoms with Crippen LogP contribution in [0.2, 0.25) is 0 Å². The molecule has 0 aromatic carbocycles. The quantitative estimate of drug-likeness (QED) is 0.333. The first-order valence-corrected chi connectivity index (χ1v) is 2.46. The second-order valence-corrected chi connectivity index (χ2v) is 1.47. The van der Waals surface area contributed by atoms with Gasteiger partial charge in [-0.1, -0.05) is 13.2 Å². The first-order chi connectivity index (χ1) is 4.66. The van der Waals surface area contributed by atoms with E-state index in [1.807, 2.05) is 0 Å². The standard InChI is InChI=1S/C7H6FNO/c1-6(8)3-4-7(2)9-5-10/h3-4H,1-2H2/b4-3-. The molecular formula is C7H6FNO. The number of allylic oxidation sites excluding steroid dienone is 3. The molecule has 52 valence electrons. The van der Waals surface area contributed by atoms with Gasteiger partial charge in [0.15, 0.2) is 0 Å². The largest absolute Gasteiger partial charge is 0.240 e. The summed E-state index contributed by atoms with van der Waals surface area (Å²) in [5, 5.41) is 0. The van der Waals surface area contributed by atoms with Gasteiger partial charge in [0.05, 0.1) is 5.70 Å². The normalized spacial score (nSPS) is 8.90. The summed E-state index contributed by atoms with van der Waals surface area (Å²) in [4.78, 5) is 12.7. The van der Waals surface area contributed by atoms with Crippen molar-refractivity contribution >= 4 is 6.08 Å². The molecule has 0 aliphatic rings. The third-order valence-electron chi connectivity index (χ3n) is 0.646. The molecular weight excluding hydrogens is 133 g/mol. The minimum absolute atomic E-state index is 0.147. The second kappa shape index (κ2) is 4.41. The Hall–Kier alpha value is -1.47. The van der Waals surface area contributed by atoms with Crippen molar-refractivity contribution in [1.29, 1.82) is 0 Å². The predicted octanol–water partition coefficient (Wildman–Crippen LogP) is 1.88. The fraction of sp³-hybridized carbons (Fsp3) is 0. The lowest BCUT2D eigenvalue weighted by molar-refractivity contribution is 0.565. The smallest absolute Gasteiger partial charge is 0.211 e. The maximum absolute atomic E-state index is 11.8. The number of carbonyl (C=O) groups excluding carboxylic acids is 1. The zero-order valence-corrected chi connectivity index (χ0v) is 5.30. The summed E-state index contributed by atoms with van der Waals surface area (Å²) in [7, 11) is 0. The molecule has 0 N–H and O–H groups in total. The lowest BCUT2D eigenvalue weighted by Crippen LogP contribution is -1.66. The van der Waals surface area contributed by atoms with Crippen LogP contribution in [-0.2, 0) is 4.79 Å². The van der Waals surface area contributed by atoms with Crippen molar-refractivity contribution < 1.29 is 9.18 Å². The maximum Gasteiger partial charge on any atom is 0.240 e. The SMILES string of the molecule is C=C(F)/C=C\C(=C)N=C=O. The average molecular weight is 139 g/mol. The van der Waals surface area contributed by atoms with Gasteiger partial charge >= 0.3 is 0 Å². The first kappa shape index (κ1) is 8.53. The molecule has 0 heterocycles. The molecule has 0 fully saturated rings. The Morgan fingerprint density at radius 2 is 2.10 bits per heavy atom. The van der Waals surface area contributed by atoms with E-state index >= 15 is 0 Å². The van der Waals surface area contributed by atoms with Crippen LogP contribution in [0.5, 0.6) is 0 Å². The Morgan fingerprint density at radius 3 is 2.50 bits per heavy atom. The molecule has 2 nitrogen and oxygen atoms in total. The summed E-state index contributed by atoms with van der Waals surface area (Å²) >= 11 is 0. The van der Waals surface area contributed by atoms with E-state index < -0.39 is 5.83 Å². The predicted molar refractivity (Wildman–Crippen MR) is 36.6 cm³/mol. The van der Waals surface area contributed by atoms with Crippen molar-refractivity contribution in [3.05, 3.63) is 36.8 Å². The second-order valence-electron chi connectivity index (χ2n) is 1.47. The number of isocyanates is 1. The van der Waals surface area contributed by atoms with Crippen LogP contribution in [0, 0.1) is 0 Å². The molecule has 0 saturated carbocycles. The fourth-order valence-corrected chi connectivity index (χ4v) is 0.283. The first-order valence-electron chi connectivity index (χ1n) is 2.46. The number of nitrogens with zero attached hydrogens (tertiary/aromatic N) is 1. The highest BCUT2D eigenvalue weighted by atomic mass is 19.1. The number of aliphatic imine (C=N–C) groups is 1. The molecule has 0 radical (unpaired) electrons. The number of hydrogen-bond donors (Lipinski definition) is 0. The van der Waals surface area contributed by atoms with E-state index in [1.165, 1.54) is 12.2 Å². The number of rotatable bonds is 3. The van der Waals surface area contributed by atoms with Gasteiger partial charge in [0.1, 0.15) is 5.83 Å². The summed E-state index contributed by atoms with van der Waals surface area (Å²) in [6.07, 6.45) is 3.55. The zero-order valence-electron chi connectivity index (χ0n) is 5.30. The van der Waals surface area contributed by atoms with Crippen LogP contribution >= 0.6 is 0 Å². The Kier molecular flexibility index (Phi) is 3.76. The summed E-state index contributed by atoms with van der Waals surface area (Å²) in [6.45, 7) is 6.25. The van der Waals surface area contributed by atoms with Crippen LogP contribution < -0.4 is 0 Å². The van der Waals surface area contributed by atoms with Crippen LogP contribution in [0.15, 0.2) is 41.8 Å². The summed E-state index contributed by atoms with van der Waals surface area (Å²) in [5.74, 6) is -0.609. The highest BCUT2D eigenvalue weighted by Gasteiger charge is 1.81. The minimum atomic E-state index is -0.609. The van der Waals surface area contributed by atoms with Gasteiger partial charge in [-0.05, 0) is 12.2 Å². The van der Waals surface area contributed by atoms with E-state index in [1.54, 1.807) is 0 Å². The Bertz CT molecular complexity index is 224. The molecule has 0 spiro atoms. The van der Waals surface area contributed by atoms with Gasteiger partial charge in [0, 0.05) is 0 Å². The molecule has 0 aliphatic heterocycles. The van der Waals surface area contributed by atoms with E-state index in [4.69, 9.17) is 0 Å². The lowest BCUT2D eigenvalue weighted by atomic mass is 10.4. The van der Waals surface area contributed by atoms with Crippen molar-refractivity contribution in [1.82, 2.24) is 0 Å². The van der Waals surface area contributed by atoms with E-state index in [0.29, 0.717) is 0 Å². The summed E-state index contributed by atoms with van der Waals surface area (Å²) < 4.78 is 11.8. The van der Waals surface area contributed by atoms with Gasteiger partial charge in [-0.2, -0.15) is 4.99 Å². The van der Waals surface area contributed by atoms with Gasteiger partial charge in [-0.3, -0.25) is 0 Å². The van der Waals surface area contributed by atoms with Crippen LogP contribution in [0.4, 0.5) is 4.39 Å². The van der Waals surface area contributed by atoms with Crippen LogP contribution in [0.25, 0.3) is 0 Å².